The average Bonchev–Trinajstić information content (AvgIpc) is 2.97. The quantitative estimate of drug-likeness (QED) is 0.489. The highest BCUT2D eigenvalue weighted by atomic mass is 15.3. The molecule has 4 N–H and O–H groups in total. The number of nitrogens with zero attached hydrogens (tertiary/aromatic N) is 2. The standard InChI is InChI=1S/C9H15N5/c1-6-12-8(4-9(13-6)14-10)11-5-7-2-3-7/h4,7H,2-3,5,10H2,1H3,(H2,11,12,13,14). The lowest BCUT2D eigenvalue weighted by Gasteiger charge is -2.07. The second-order valence-electron chi connectivity index (χ2n) is 3.65. The summed E-state index contributed by atoms with van der Waals surface area (Å²) in [5.41, 5.74) is 2.52. The monoisotopic (exact) mass is 193 g/mol. The van der Waals surface area contributed by atoms with Gasteiger partial charge in [0.25, 0.3) is 0 Å². The molecule has 0 atom stereocenters. The Hall–Kier alpha value is -1.36. The Balaban J connectivity index is 2.03. The van der Waals surface area contributed by atoms with E-state index in [4.69, 9.17) is 5.84 Å². The minimum atomic E-state index is 0.649. The zero-order valence-electron chi connectivity index (χ0n) is 8.25. The van der Waals surface area contributed by atoms with Crippen molar-refractivity contribution < 1.29 is 0 Å². The van der Waals surface area contributed by atoms with Crippen LogP contribution in [0.4, 0.5) is 11.6 Å². The molecule has 0 aliphatic heterocycles. The van der Waals surface area contributed by atoms with Crippen molar-refractivity contribution in [1.29, 1.82) is 0 Å². The smallest absolute Gasteiger partial charge is 0.145 e. The summed E-state index contributed by atoms with van der Waals surface area (Å²) in [5.74, 6) is 8.34. The lowest BCUT2D eigenvalue weighted by molar-refractivity contribution is 0.877. The van der Waals surface area contributed by atoms with E-state index in [2.05, 4.69) is 20.7 Å². The predicted octanol–water partition coefficient (Wildman–Crippen LogP) is 0.893. The molecule has 1 saturated carbocycles. The van der Waals surface area contributed by atoms with Crippen LogP contribution >= 0.6 is 0 Å². The van der Waals surface area contributed by atoms with E-state index in [9.17, 15) is 0 Å². The Kier molecular flexibility index (Phi) is 2.49. The van der Waals surface area contributed by atoms with Gasteiger partial charge in [-0.15, -0.1) is 0 Å². The van der Waals surface area contributed by atoms with E-state index in [0.717, 1.165) is 24.1 Å². The maximum atomic E-state index is 5.29. The lowest BCUT2D eigenvalue weighted by atomic mass is 10.4. The van der Waals surface area contributed by atoms with Gasteiger partial charge >= 0.3 is 0 Å². The highest BCUT2D eigenvalue weighted by molar-refractivity contribution is 5.46. The third-order valence-electron chi connectivity index (χ3n) is 2.25. The van der Waals surface area contributed by atoms with Crippen LogP contribution in [0.5, 0.6) is 0 Å². The summed E-state index contributed by atoms with van der Waals surface area (Å²) >= 11 is 0. The summed E-state index contributed by atoms with van der Waals surface area (Å²) in [5, 5.41) is 3.28. The van der Waals surface area contributed by atoms with Crippen LogP contribution < -0.4 is 16.6 Å². The molecular formula is C9H15N5. The fourth-order valence-electron chi connectivity index (χ4n) is 1.30. The van der Waals surface area contributed by atoms with Crippen LogP contribution in [0, 0.1) is 12.8 Å². The van der Waals surface area contributed by atoms with Crippen LogP contribution in [0.1, 0.15) is 18.7 Å². The predicted molar refractivity (Wildman–Crippen MR) is 55.8 cm³/mol. The van der Waals surface area contributed by atoms with Crippen LogP contribution in [0.15, 0.2) is 6.07 Å². The number of rotatable bonds is 4. The van der Waals surface area contributed by atoms with E-state index in [1.807, 2.05) is 13.0 Å². The van der Waals surface area contributed by atoms with Crippen LogP contribution in [-0.2, 0) is 0 Å². The Morgan fingerprint density at radius 3 is 2.79 bits per heavy atom. The van der Waals surface area contributed by atoms with Gasteiger partial charge in [0.05, 0.1) is 0 Å². The molecule has 0 radical (unpaired) electrons. The minimum Gasteiger partial charge on any atom is -0.370 e. The fraction of sp³-hybridized carbons (Fsp3) is 0.556. The Morgan fingerprint density at radius 2 is 2.14 bits per heavy atom. The van der Waals surface area contributed by atoms with Crippen molar-refractivity contribution in [2.24, 2.45) is 11.8 Å². The number of hydrogen-bond acceptors (Lipinski definition) is 5. The van der Waals surface area contributed by atoms with Gasteiger partial charge in [0.1, 0.15) is 17.5 Å². The molecule has 1 aliphatic rings. The summed E-state index contributed by atoms with van der Waals surface area (Å²) in [6, 6.07) is 1.81. The van der Waals surface area contributed by atoms with Crippen molar-refractivity contribution in [2.75, 3.05) is 17.3 Å². The summed E-state index contributed by atoms with van der Waals surface area (Å²) in [7, 11) is 0. The van der Waals surface area contributed by atoms with Crippen molar-refractivity contribution in [3.63, 3.8) is 0 Å². The number of hydrazine groups is 1. The molecule has 1 heterocycles. The van der Waals surface area contributed by atoms with E-state index in [1.165, 1.54) is 12.8 Å². The van der Waals surface area contributed by atoms with Crippen molar-refractivity contribution >= 4 is 11.6 Å². The number of anilines is 2. The first-order valence-electron chi connectivity index (χ1n) is 4.84. The van der Waals surface area contributed by atoms with Gasteiger partial charge in [-0.25, -0.2) is 15.8 Å². The van der Waals surface area contributed by atoms with Crippen molar-refractivity contribution in [3.05, 3.63) is 11.9 Å². The molecule has 5 heteroatoms. The maximum absolute atomic E-state index is 5.29. The normalized spacial score (nSPS) is 15.3. The molecule has 5 nitrogen and oxygen atoms in total. The molecule has 1 aromatic heterocycles. The molecule has 1 fully saturated rings. The SMILES string of the molecule is Cc1nc(NN)cc(NCC2CC2)n1. The topological polar surface area (TPSA) is 75.9 Å². The molecule has 0 bridgehead atoms. The van der Waals surface area contributed by atoms with E-state index in [-0.39, 0.29) is 0 Å². The van der Waals surface area contributed by atoms with Crippen molar-refractivity contribution in [3.8, 4) is 0 Å². The van der Waals surface area contributed by atoms with E-state index >= 15 is 0 Å². The highest BCUT2D eigenvalue weighted by Gasteiger charge is 2.20. The van der Waals surface area contributed by atoms with Gasteiger partial charge in [0.2, 0.25) is 0 Å². The average molecular weight is 193 g/mol. The molecule has 1 aliphatic carbocycles. The van der Waals surface area contributed by atoms with Crippen molar-refractivity contribution in [2.45, 2.75) is 19.8 Å². The van der Waals surface area contributed by atoms with Crippen LogP contribution in [0.25, 0.3) is 0 Å². The van der Waals surface area contributed by atoms with Crippen LogP contribution in [0.2, 0.25) is 0 Å². The third kappa shape index (κ3) is 2.32. The second-order valence-corrected chi connectivity index (χ2v) is 3.65. The van der Waals surface area contributed by atoms with E-state index < -0.39 is 0 Å². The van der Waals surface area contributed by atoms with Gasteiger partial charge in [0, 0.05) is 12.6 Å². The summed E-state index contributed by atoms with van der Waals surface area (Å²) < 4.78 is 0. The number of aryl methyl sites for hydroxylation is 1. The maximum Gasteiger partial charge on any atom is 0.145 e. The Labute approximate surface area is 83.1 Å². The molecule has 0 unspecified atom stereocenters. The summed E-state index contributed by atoms with van der Waals surface area (Å²) in [4.78, 5) is 8.37. The third-order valence-corrected chi connectivity index (χ3v) is 2.25. The molecule has 14 heavy (non-hydrogen) atoms. The molecule has 0 amide bonds. The summed E-state index contributed by atoms with van der Waals surface area (Å²) in [6.07, 6.45) is 2.66. The molecule has 1 aromatic rings. The molecule has 76 valence electrons. The summed E-state index contributed by atoms with van der Waals surface area (Å²) in [6.45, 7) is 2.85. The lowest BCUT2D eigenvalue weighted by Crippen LogP contribution is -2.12. The first kappa shape index (κ1) is 9.21. The second kappa shape index (κ2) is 3.79. The molecule has 0 spiro atoms. The van der Waals surface area contributed by atoms with Gasteiger partial charge in [-0.05, 0) is 25.7 Å². The van der Waals surface area contributed by atoms with Gasteiger partial charge in [-0.3, -0.25) is 0 Å². The first-order valence-corrected chi connectivity index (χ1v) is 4.84. The van der Waals surface area contributed by atoms with Gasteiger partial charge in [-0.2, -0.15) is 0 Å². The van der Waals surface area contributed by atoms with E-state index in [1.54, 1.807) is 0 Å². The van der Waals surface area contributed by atoms with Gasteiger partial charge in [0.15, 0.2) is 0 Å². The van der Waals surface area contributed by atoms with Crippen LogP contribution in [-0.4, -0.2) is 16.5 Å². The first-order chi connectivity index (χ1) is 6.78. The largest absolute Gasteiger partial charge is 0.370 e. The minimum absolute atomic E-state index is 0.649. The number of nitrogen functional groups attached to an aromatic ring is 1. The Bertz CT molecular complexity index is 321. The number of hydrogen-bond donors (Lipinski definition) is 3. The number of nitrogens with one attached hydrogen (secondary N) is 2. The zero-order chi connectivity index (χ0) is 9.97. The number of aromatic nitrogens is 2. The molecular weight excluding hydrogens is 178 g/mol. The number of nitrogens with two attached hydrogens (primary N) is 1. The van der Waals surface area contributed by atoms with E-state index in [0.29, 0.717) is 5.82 Å². The van der Waals surface area contributed by atoms with Crippen molar-refractivity contribution in [1.82, 2.24) is 9.97 Å². The zero-order valence-corrected chi connectivity index (χ0v) is 8.25. The van der Waals surface area contributed by atoms with Gasteiger partial charge < -0.3 is 10.7 Å². The molecule has 2 rings (SSSR count). The molecule has 0 aromatic carbocycles. The van der Waals surface area contributed by atoms with Gasteiger partial charge in [-0.1, -0.05) is 0 Å². The molecule has 0 saturated heterocycles. The Morgan fingerprint density at radius 1 is 1.43 bits per heavy atom. The van der Waals surface area contributed by atoms with Crippen LogP contribution in [0.3, 0.4) is 0 Å². The highest BCUT2D eigenvalue weighted by Crippen LogP contribution is 2.28. The fourth-order valence-corrected chi connectivity index (χ4v) is 1.30.